The zero-order valence-electron chi connectivity index (χ0n) is 4.79. The van der Waals surface area contributed by atoms with Gasteiger partial charge in [0.2, 0.25) is 0 Å². The Hall–Kier alpha value is -0.690. The Balaban J connectivity index is 4.00. The smallest absolute Gasteiger partial charge is 0.299 e. The van der Waals surface area contributed by atoms with Crippen LogP contribution in [0, 0.1) is 12.3 Å². The van der Waals surface area contributed by atoms with E-state index in [4.69, 9.17) is 0 Å². The van der Waals surface area contributed by atoms with Gasteiger partial charge < -0.3 is 0 Å². The Morgan fingerprint density at radius 2 is 2.00 bits per heavy atom. The van der Waals surface area contributed by atoms with Crippen molar-refractivity contribution in [2.24, 2.45) is 0 Å². The van der Waals surface area contributed by atoms with Crippen LogP contribution < -0.4 is 5.32 Å². The predicted octanol–water partition coefficient (Wildman–Crippen LogP) is 0.770. The van der Waals surface area contributed by atoms with Crippen molar-refractivity contribution < 1.29 is 13.2 Å². The zero-order chi connectivity index (χ0) is 7.49. The lowest BCUT2D eigenvalue weighted by Gasteiger charge is -2.12. The number of nitrogens with one attached hydrogen (secondary N) is 1. The van der Waals surface area contributed by atoms with E-state index in [-0.39, 0.29) is 0 Å². The summed E-state index contributed by atoms with van der Waals surface area (Å²) >= 11 is 0. The summed E-state index contributed by atoms with van der Waals surface area (Å²) in [6.45, 7) is 0. The molecule has 4 heteroatoms. The lowest BCUT2D eigenvalue weighted by Crippen LogP contribution is -2.38. The van der Waals surface area contributed by atoms with Gasteiger partial charge in [0.25, 0.3) is 0 Å². The van der Waals surface area contributed by atoms with Crippen molar-refractivity contribution in [3.8, 4) is 12.3 Å². The Morgan fingerprint density at radius 1 is 1.56 bits per heavy atom. The second-order valence-corrected chi connectivity index (χ2v) is 1.43. The van der Waals surface area contributed by atoms with Gasteiger partial charge in [0.15, 0.2) is 6.04 Å². The number of halogens is 3. The highest BCUT2D eigenvalue weighted by Gasteiger charge is 2.36. The van der Waals surface area contributed by atoms with Crippen LogP contribution in [0.3, 0.4) is 0 Å². The Bertz CT molecular complexity index is 121. The van der Waals surface area contributed by atoms with Gasteiger partial charge >= 0.3 is 6.18 Å². The molecule has 0 aliphatic rings. The van der Waals surface area contributed by atoms with E-state index in [2.05, 4.69) is 6.42 Å². The quantitative estimate of drug-likeness (QED) is 0.526. The van der Waals surface area contributed by atoms with E-state index in [1.807, 2.05) is 5.32 Å². The van der Waals surface area contributed by atoms with Crippen molar-refractivity contribution in [3.05, 3.63) is 0 Å². The molecule has 0 amide bonds. The van der Waals surface area contributed by atoms with Gasteiger partial charge in [0, 0.05) is 0 Å². The molecule has 0 bridgehead atoms. The van der Waals surface area contributed by atoms with Crippen LogP contribution in [0.2, 0.25) is 0 Å². The minimum Gasteiger partial charge on any atom is -0.299 e. The SMILES string of the molecule is C#C[C@H](NC)C(F)(F)F. The van der Waals surface area contributed by atoms with Gasteiger partial charge in [0.05, 0.1) is 0 Å². The third-order valence-corrected chi connectivity index (χ3v) is 0.783. The van der Waals surface area contributed by atoms with Crippen molar-refractivity contribution in [1.82, 2.24) is 5.32 Å². The van der Waals surface area contributed by atoms with Crippen molar-refractivity contribution in [3.63, 3.8) is 0 Å². The van der Waals surface area contributed by atoms with Crippen LogP contribution in [-0.2, 0) is 0 Å². The van der Waals surface area contributed by atoms with E-state index in [1.165, 1.54) is 0 Å². The highest BCUT2D eigenvalue weighted by Crippen LogP contribution is 2.18. The van der Waals surface area contributed by atoms with Gasteiger partial charge in [-0.3, -0.25) is 5.32 Å². The first-order valence-corrected chi connectivity index (χ1v) is 2.22. The summed E-state index contributed by atoms with van der Waals surface area (Å²) in [7, 11) is 1.16. The number of alkyl halides is 3. The minimum atomic E-state index is -4.33. The van der Waals surface area contributed by atoms with Gasteiger partial charge in [-0.05, 0) is 7.05 Å². The van der Waals surface area contributed by atoms with Crippen LogP contribution in [0.4, 0.5) is 13.2 Å². The molecule has 0 aromatic heterocycles. The molecule has 0 saturated carbocycles. The summed E-state index contributed by atoms with van der Waals surface area (Å²) in [5.41, 5.74) is 0. The molecule has 1 N–H and O–H groups in total. The first-order valence-electron chi connectivity index (χ1n) is 2.22. The lowest BCUT2D eigenvalue weighted by molar-refractivity contribution is -0.140. The first-order chi connectivity index (χ1) is 4.02. The summed E-state index contributed by atoms with van der Waals surface area (Å²) in [5.74, 6) is 1.56. The fourth-order valence-corrected chi connectivity index (χ4v) is 0.341. The molecular formula is C5H6F3N. The third kappa shape index (κ3) is 2.38. The van der Waals surface area contributed by atoms with Crippen molar-refractivity contribution >= 4 is 0 Å². The van der Waals surface area contributed by atoms with Crippen molar-refractivity contribution in [1.29, 1.82) is 0 Å². The third-order valence-electron chi connectivity index (χ3n) is 0.783. The summed E-state index contributed by atoms with van der Waals surface area (Å²) in [6, 6.07) is -1.82. The Morgan fingerprint density at radius 3 is 2.00 bits per heavy atom. The average Bonchev–Trinajstić information content (AvgIpc) is 1.65. The van der Waals surface area contributed by atoms with Crippen LogP contribution in [0.1, 0.15) is 0 Å². The maximum atomic E-state index is 11.5. The highest BCUT2D eigenvalue weighted by atomic mass is 19.4. The van der Waals surface area contributed by atoms with Crippen molar-refractivity contribution in [2.45, 2.75) is 12.2 Å². The monoisotopic (exact) mass is 137 g/mol. The molecule has 9 heavy (non-hydrogen) atoms. The molecule has 1 atom stereocenters. The Kier molecular flexibility index (Phi) is 2.53. The molecule has 0 aromatic rings. The largest absolute Gasteiger partial charge is 0.415 e. The second-order valence-electron chi connectivity index (χ2n) is 1.43. The molecule has 0 fully saturated rings. The molecular weight excluding hydrogens is 131 g/mol. The topological polar surface area (TPSA) is 12.0 Å². The molecule has 0 spiro atoms. The number of hydrogen-bond acceptors (Lipinski definition) is 1. The van der Waals surface area contributed by atoms with Crippen molar-refractivity contribution in [2.75, 3.05) is 7.05 Å². The van der Waals surface area contributed by atoms with Gasteiger partial charge in [-0.25, -0.2) is 0 Å². The number of hydrogen-bond donors (Lipinski definition) is 1. The van der Waals surface area contributed by atoms with Gasteiger partial charge in [0.1, 0.15) is 0 Å². The normalized spacial score (nSPS) is 14.6. The van der Waals surface area contributed by atoms with E-state index in [1.54, 1.807) is 5.92 Å². The van der Waals surface area contributed by atoms with Gasteiger partial charge in [-0.15, -0.1) is 6.42 Å². The standard InChI is InChI=1S/C5H6F3N/c1-3-4(9-2)5(6,7)8/h1,4,9H,2H3/t4-/m0/s1. The van der Waals surface area contributed by atoms with Crippen LogP contribution in [0.25, 0.3) is 0 Å². The van der Waals surface area contributed by atoms with E-state index in [0.717, 1.165) is 7.05 Å². The maximum Gasteiger partial charge on any atom is 0.415 e. The highest BCUT2D eigenvalue weighted by molar-refractivity contribution is 5.02. The van der Waals surface area contributed by atoms with Gasteiger partial charge in [-0.2, -0.15) is 13.2 Å². The summed E-state index contributed by atoms with van der Waals surface area (Å²) < 4.78 is 34.5. The lowest BCUT2D eigenvalue weighted by atomic mass is 10.3. The number of terminal acetylenes is 1. The molecule has 0 unspecified atom stereocenters. The molecule has 0 radical (unpaired) electrons. The molecule has 52 valence electrons. The molecule has 0 aromatic carbocycles. The molecule has 1 nitrogen and oxygen atoms in total. The fraction of sp³-hybridized carbons (Fsp3) is 0.600. The molecule has 0 aliphatic carbocycles. The molecule has 0 saturated heterocycles. The fourth-order valence-electron chi connectivity index (χ4n) is 0.341. The second kappa shape index (κ2) is 2.74. The van der Waals surface area contributed by atoms with Crippen LogP contribution in [-0.4, -0.2) is 19.3 Å². The predicted molar refractivity (Wildman–Crippen MR) is 27.7 cm³/mol. The Labute approximate surface area is 51.2 Å². The average molecular weight is 137 g/mol. The molecule has 0 rings (SSSR count). The summed E-state index contributed by atoms with van der Waals surface area (Å²) in [6.07, 6.45) is 0.207. The van der Waals surface area contributed by atoms with E-state index in [0.29, 0.717) is 0 Å². The summed E-state index contributed by atoms with van der Waals surface area (Å²) in [5, 5.41) is 1.93. The van der Waals surface area contributed by atoms with E-state index >= 15 is 0 Å². The maximum absolute atomic E-state index is 11.5. The van der Waals surface area contributed by atoms with Gasteiger partial charge in [-0.1, -0.05) is 5.92 Å². The molecule has 0 aliphatic heterocycles. The van der Waals surface area contributed by atoms with Crippen LogP contribution in [0.15, 0.2) is 0 Å². The zero-order valence-corrected chi connectivity index (χ0v) is 4.79. The molecule has 0 heterocycles. The van der Waals surface area contributed by atoms with Crippen LogP contribution >= 0.6 is 0 Å². The number of rotatable bonds is 1. The van der Waals surface area contributed by atoms with Crippen LogP contribution in [0.5, 0.6) is 0 Å². The summed E-state index contributed by atoms with van der Waals surface area (Å²) in [4.78, 5) is 0. The first kappa shape index (κ1) is 8.31. The van der Waals surface area contributed by atoms with E-state index in [9.17, 15) is 13.2 Å². The minimum absolute atomic E-state index is 1.16. The van der Waals surface area contributed by atoms with E-state index < -0.39 is 12.2 Å².